The number of carbonyl (C=O) groups is 2. The summed E-state index contributed by atoms with van der Waals surface area (Å²) >= 11 is 1.64. The summed E-state index contributed by atoms with van der Waals surface area (Å²) in [5.74, 6) is 0.969. The number of thiophene rings is 1. The van der Waals surface area contributed by atoms with Crippen LogP contribution in [-0.4, -0.2) is 18.9 Å². The van der Waals surface area contributed by atoms with Crippen molar-refractivity contribution in [2.24, 2.45) is 0 Å². The lowest BCUT2D eigenvalue weighted by molar-refractivity contribution is -0.121. The largest absolute Gasteiger partial charge is 0.454 e. The molecule has 2 aromatic carbocycles. The Morgan fingerprint density at radius 2 is 1.87 bits per heavy atom. The Balaban J connectivity index is 1.47. The van der Waals surface area contributed by atoms with Crippen molar-refractivity contribution in [3.8, 4) is 11.5 Å². The maximum absolute atomic E-state index is 13.4. The average molecular weight is 433 g/mol. The fraction of sp³-hybridized carbons (Fsp3) is 0.280. The number of rotatable bonds is 3. The molecule has 1 aliphatic heterocycles. The number of amides is 2. The summed E-state index contributed by atoms with van der Waals surface area (Å²) in [5, 5.41) is 5.11. The van der Waals surface area contributed by atoms with Crippen LogP contribution in [0.2, 0.25) is 0 Å². The molecule has 1 N–H and O–H groups in total. The van der Waals surface area contributed by atoms with E-state index in [1.54, 1.807) is 41.5 Å². The highest BCUT2D eigenvalue weighted by Gasteiger charge is 2.43. The third-order valence-electron chi connectivity index (χ3n) is 6.35. The van der Waals surface area contributed by atoms with E-state index in [-0.39, 0.29) is 11.8 Å². The SMILES string of the molecule is Cc1ccc2c(c1)N(C)C(=O)c1cc(NC(=O)C3(c4cccs4)CCCC3)ccc1O2. The van der Waals surface area contributed by atoms with E-state index in [0.717, 1.165) is 41.8 Å². The molecule has 1 aromatic heterocycles. The summed E-state index contributed by atoms with van der Waals surface area (Å²) in [6, 6.07) is 15.1. The zero-order valence-electron chi connectivity index (χ0n) is 17.6. The van der Waals surface area contributed by atoms with Gasteiger partial charge in [0.15, 0.2) is 5.75 Å². The number of fused-ring (bicyclic) bond motifs is 2. The van der Waals surface area contributed by atoms with Crippen LogP contribution in [0.3, 0.4) is 0 Å². The molecule has 1 saturated carbocycles. The van der Waals surface area contributed by atoms with Gasteiger partial charge in [0.25, 0.3) is 5.91 Å². The third-order valence-corrected chi connectivity index (χ3v) is 7.43. The van der Waals surface area contributed by atoms with Gasteiger partial charge in [-0.3, -0.25) is 9.59 Å². The fourth-order valence-electron chi connectivity index (χ4n) is 4.61. The zero-order valence-corrected chi connectivity index (χ0v) is 18.4. The summed E-state index contributed by atoms with van der Waals surface area (Å²) in [4.78, 5) is 29.3. The second-order valence-corrected chi connectivity index (χ2v) is 9.32. The van der Waals surface area contributed by atoms with Crippen LogP contribution < -0.4 is 15.0 Å². The number of ether oxygens (including phenoxy) is 1. The first-order valence-corrected chi connectivity index (χ1v) is 11.4. The van der Waals surface area contributed by atoms with Gasteiger partial charge in [-0.15, -0.1) is 11.3 Å². The lowest BCUT2D eigenvalue weighted by atomic mass is 9.83. The fourth-order valence-corrected chi connectivity index (χ4v) is 5.60. The summed E-state index contributed by atoms with van der Waals surface area (Å²) in [7, 11) is 1.74. The van der Waals surface area contributed by atoms with Gasteiger partial charge in [-0.05, 0) is 67.1 Å². The van der Waals surface area contributed by atoms with Crippen LogP contribution in [-0.2, 0) is 10.2 Å². The zero-order chi connectivity index (χ0) is 21.6. The van der Waals surface area contributed by atoms with Gasteiger partial charge in [0.1, 0.15) is 5.75 Å². The van der Waals surface area contributed by atoms with Crippen LogP contribution >= 0.6 is 11.3 Å². The minimum absolute atomic E-state index is 0.00153. The van der Waals surface area contributed by atoms with Gasteiger partial charge in [0, 0.05) is 17.6 Å². The average Bonchev–Trinajstić information content (AvgIpc) is 3.46. The highest BCUT2D eigenvalue weighted by molar-refractivity contribution is 7.10. The van der Waals surface area contributed by atoms with E-state index < -0.39 is 5.41 Å². The molecule has 0 atom stereocenters. The van der Waals surface area contributed by atoms with Gasteiger partial charge in [0.05, 0.1) is 16.7 Å². The number of nitrogens with zero attached hydrogens (tertiary/aromatic N) is 1. The number of carbonyl (C=O) groups excluding carboxylic acids is 2. The van der Waals surface area contributed by atoms with Crippen molar-refractivity contribution in [2.45, 2.75) is 38.0 Å². The number of aryl methyl sites for hydroxylation is 1. The number of hydrogen-bond acceptors (Lipinski definition) is 4. The first kappa shape index (κ1) is 19.8. The molecule has 0 radical (unpaired) electrons. The van der Waals surface area contributed by atoms with Crippen LogP contribution in [0.15, 0.2) is 53.9 Å². The molecular formula is C25H24N2O3S. The lowest BCUT2D eigenvalue weighted by Crippen LogP contribution is -2.37. The summed E-state index contributed by atoms with van der Waals surface area (Å²) in [6.07, 6.45) is 3.79. The molecule has 31 heavy (non-hydrogen) atoms. The molecule has 2 aliphatic rings. The number of anilines is 2. The molecule has 158 valence electrons. The Morgan fingerprint density at radius 3 is 2.61 bits per heavy atom. The Kier molecular flexibility index (Phi) is 4.82. The monoisotopic (exact) mass is 432 g/mol. The van der Waals surface area contributed by atoms with Gasteiger partial charge < -0.3 is 15.0 Å². The van der Waals surface area contributed by atoms with Crippen molar-refractivity contribution < 1.29 is 14.3 Å². The Labute approximate surface area is 185 Å². The van der Waals surface area contributed by atoms with E-state index >= 15 is 0 Å². The first-order chi connectivity index (χ1) is 15.0. The topological polar surface area (TPSA) is 58.6 Å². The second-order valence-electron chi connectivity index (χ2n) is 8.37. The van der Waals surface area contributed by atoms with Crippen LogP contribution in [0, 0.1) is 6.92 Å². The van der Waals surface area contributed by atoms with E-state index in [0.29, 0.717) is 22.7 Å². The van der Waals surface area contributed by atoms with Crippen LogP contribution in [0.25, 0.3) is 0 Å². The van der Waals surface area contributed by atoms with E-state index in [9.17, 15) is 9.59 Å². The third kappa shape index (κ3) is 3.31. The van der Waals surface area contributed by atoms with Crippen molar-refractivity contribution in [1.82, 2.24) is 0 Å². The van der Waals surface area contributed by atoms with Crippen LogP contribution in [0.1, 0.15) is 46.5 Å². The summed E-state index contributed by atoms with van der Waals surface area (Å²) in [6.45, 7) is 1.98. The van der Waals surface area contributed by atoms with Crippen LogP contribution in [0.5, 0.6) is 11.5 Å². The van der Waals surface area contributed by atoms with Gasteiger partial charge in [0.2, 0.25) is 5.91 Å². The summed E-state index contributed by atoms with van der Waals surface area (Å²) < 4.78 is 6.06. The predicted molar refractivity (Wildman–Crippen MR) is 124 cm³/mol. The minimum Gasteiger partial charge on any atom is -0.454 e. The molecule has 5 rings (SSSR count). The van der Waals surface area contributed by atoms with Gasteiger partial charge in [-0.25, -0.2) is 0 Å². The molecule has 1 aliphatic carbocycles. The molecule has 2 heterocycles. The molecule has 5 nitrogen and oxygen atoms in total. The lowest BCUT2D eigenvalue weighted by Gasteiger charge is -2.26. The Bertz CT molecular complexity index is 1160. The Morgan fingerprint density at radius 1 is 1.10 bits per heavy atom. The molecule has 1 fully saturated rings. The maximum Gasteiger partial charge on any atom is 0.261 e. The molecule has 0 bridgehead atoms. The van der Waals surface area contributed by atoms with E-state index in [4.69, 9.17) is 4.74 Å². The van der Waals surface area contributed by atoms with Gasteiger partial charge in [-0.2, -0.15) is 0 Å². The molecule has 3 aromatic rings. The number of nitrogens with one attached hydrogen (secondary N) is 1. The molecule has 0 saturated heterocycles. The van der Waals surface area contributed by atoms with Crippen molar-refractivity contribution in [3.05, 3.63) is 69.9 Å². The standard InChI is InChI=1S/C25H24N2O3S/c1-16-7-9-21-19(14-16)27(2)23(28)18-15-17(8-10-20(18)30-21)26-24(29)25(11-3-4-12-25)22-6-5-13-31-22/h5-10,13-15H,3-4,11-12H2,1-2H3,(H,26,29). The van der Waals surface area contributed by atoms with Gasteiger partial charge in [-0.1, -0.05) is 25.0 Å². The minimum atomic E-state index is -0.480. The normalized spacial score (nSPS) is 16.8. The smallest absolute Gasteiger partial charge is 0.261 e. The Hall–Kier alpha value is -3.12. The molecular weight excluding hydrogens is 408 g/mol. The van der Waals surface area contributed by atoms with Crippen molar-refractivity contribution in [3.63, 3.8) is 0 Å². The van der Waals surface area contributed by atoms with Crippen molar-refractivity contribution in [1.29, 1.82) is 0 Å². The van der Waals surface area contributed by atoms with Crippen molar-refractivity contribution in [2.75, 3.05) is 17.3 Å². The second kappa shape index (κ2) is 7.54. The quantitative estimate of drug-likeness (QED) is 0.561. The predicted octanol–water partition coefficient (Wildman–Crippen LogP) is 5.89. The molecule has 0 unspecified atom stereocenters. The summed E-state index contributed by atoms with van der Waals surface area (Å²) in [5.41, 5.74) is 2.35. The van der Waals surface area contributed by atoms with E-state index in [1.165, 1.54) is 0 Å². The van der Waals surface area contributed by atoms with Crippen molar-refractivity contribution >= 4 is 34.5 Å². The first-order valence-electron chi connectivity index (χ1n) is 10.5. The highest BCUT2D eigenvalue weighted by Crippen LogP contribution is 2.44. The van der Waals surface area contributed by atoms with E-state index in [2.05, 4.69) is 11.4 Å². The molecule has 0 spiro atoms. The molecule has 6 heteroatoms. The molecule has 2 amide bonds. The number of hydrogen-bond donors (Lipinski definition) is 1. The van der Waals surface area contributed by atoms with E-state index in [1.807, 2.05) is 36.6 Å². The highest BCUT2D eigenvalue weighted by atomic mass is 32.1. The maximum atomic E-state index is 13.4. The number of benzene rings is 2. The van der Waals surface area contributed by atoms with Gasteiger partial charge >= 0.3 is 0 Å². The van der Waals surface area contributed by atoms with Crippen LogP contribution in [0.4, 0.5) is 11.4 Å².